The number of imidazole rings is 1. The van der Waals surface area contributed by atoms with E-state index in [1.165, 1.54) is 12.8 Å². The number of carbonyl (C=O) groups excluding carboxylic acids is 1. The minimum atomic E-state index is 0.0579. The fourth-order valence-corrected chi connectivity index (χ4v) is 5.03. The first-order chi connectivity index (χ1) is 14.3. The second-order valence-electron chi connectivity index (χ2n) is 8.65. The number of nitrogens with one attached hydrogen (secondary N) is 2. The van der Waals surface area contributed by atoms with Crippen LogP contribution in [0.4, 0.5) is 0 Å². The minimum Gasteiger partial charge on any atom is -0.349 e. The molecule has 29 heavy (non-hydrogen) atoms. The molecule has 3 aromatic rings. The standard InChI is InChI=1S/C23H29N5O/c29-23(18-15-24-28-12-5-1-2-11-21(18)28)25-17-8-6-7-16(13-17)14-22-26-19-9-3-4-10-20(19)27-22/h3-4,9-10,15-17H,1-2,5-8,11-14H2,(H,25,29)(H,26,27). The second-order valence-corrected chi connectivity index (χ2v) is 8.65. The largest absolute Gasteiger partial charge is 0.349 e. The Morgan fingerprint density at radius 3 is 3.03 bits per heavy atom. The molecule has 152 valence electrons. The van der Waals surface area contributed by atoms with Gasteiger partial charge in [0.15, 0.2) is 0 Å². The van der Waals surface area contributed by atoms with Crippen molar-refractivity contribution in [3.05, 3.63) is 47.5 Å². The zero-order chi connectivity index (χ0) is 19.6. The van der Waals surface area contributed by atoms with Gasteiger partial charge in [-0.1, -0.05) is 25.0 Å². The Morgan fingerprint density at radius 1 is 1.17 bits per heavy atom. The topological polar surface area (TPSA) is 75.6 Å². The number of amides is 1. The summed E-state index contributed by atoms with van der Waals surface area (Å²) in [4.78, 5) is 21.1. The van der Waals surface area contributed by atoms with Crippen LogP contribution in [0.3, 0.4) is 0 Å². The molecule has 0 saturated heterocycles. The Balaban J connectivity index is 1.23. The summed E-state index contributed by atoms with van der Waals surface area (Å²) >= 11 is 0. The van der Waals surface area contributed by atoms with E-state index >= 15 is 0 Å². The molecular weight excluding hydrogens is 362 g/mol. The Labute approximate surface area is 171 Å². The second kappa shape index (κ2) is 8.01. The molecule has 0 bridgehead atoms. The number of para-hydroxylation sites is 2. The maximum absolute atomic E-state index is 13.0. The molecule has 5 rings (SSSR count). The van der Waals surface area contributed by atoms with E-state index in [1.54, 1.807) is 6.20 Å². The van der Waals surface area contributed by atoms with Crippen molar-refractivity contribution in [3.8, 4) is 0 Å². The number of hydrogen-bond donors (Lipinski definition) is 2. The normalized spacial score (nSPS) is 22.2. The molecule has 3 heterocycles. The molecule has 2 N–H and O–H groups in total. The molecule has 1 fully saturated rings. The third kappa shape index (κ3) is 3.93. The maximum Gasteiger partial charge on any atom is 0.254 e. The van der Waals surface area contributed by atoms with Crippen LogP contribution in [0, 0.1) is 5.92 Å². The fourth-order valence-electron chi connectivity index (χ4n) is 5.03. The molecule has 2 aliphatic rings. The number of nitrogens with zero attached hydrogens (tertiary/aromatic N) is 3. The van der Waals surface area contributed by atoms with E-state index in [4.69, 9.17) is 4.98 Å². The Bertz CT molecular complexity index is 971. The smallest absolute Gasteiger partial charge is 0.254 e. The van der Waals surface area contributed by atoms with Gasteiger partial charge in [-0.15, -0.1) is 0 Å². The van der Waals surface area contributed by atoms with E-state index in [9.17, 15) is 4.79 Å². The van der Waals surface area contributed by atoms with Crippen molar-refractivity contribution in [1.82, 2.24) is 25.1 Å². The Morgan fingerprint density at radius 2 is 2.10 bits per heavy atom. The lowest BCUT2D eigenvalue weighted by atomic mass is 9.83. The molecule has 1 aliphatic heterocycles. The van der Waals surface area contributed by atoms with Gasteiger partial charge in [0.1, 0.15) is 5.82 Å². The van der Waals surface area contributed by atoms with Gasteiger partial charge in [0.05, 0.1) is 28.5 Å². The van der Waals surface area contributed by atoms with Gasteiger partial charge in [0.2, 0.25) is 0 Å². The van der Waals surface area contributed by atoms with Crippen LogP contribution < -0.4 is 5.32 Å². The van der Waals surface area contributed by atoms with Crippen LogP contribution in [0.2, 0.25) is 0 Å². The molecule has 1 saturated carbocycles. The highest BCUT2D eigenvalue weighted by Gasteiger charge is 2.26. The number of fused-ring (bicyclic) bond motifs is 2. The van der Waals surface area contributed by atoms with E-state index in [2.05, 4.69) is 21.5 Å². The predicted molar refractivity (Wildman–Crippen MR) is 113 cm³/mol. The van der Waals surface area contributed by atoms with E-state index in [0.29, 0.717) is 5.92 Å². The summed E-state index contributed by atoms with van der Waals surface area (Å²) in [5.41, 5.74) is 4.04. The highest BCUT2D eigenvalue weighted by molar-refractivity contribution is 5.95. The summed E-state index contributed by atoms with van der Waals surface area (Å²) in [5.74, 6) is 1.67. The highest BCUT2D eigenvalue weighted by atomic mass is 16.1. The van der Waals surface area contributed by atoms with E-state index in [-0.39, 0.29) is 11.9 Å². The highest BCUT2D eigenvalue weighted by Crippen LogP contribution is 2.28. The Kier molecular flexibility index (Phi) is 5.08. The molecule has 2 atom stereocenters. The van der Waals surface area contributed by atoms with Gasteiger partial charge in [0.25, 0.3) is 5.91 Å². The van der Waals surface area contributed by atoms with Crippen molar-refractivity contribution >= 4 is 16.9 Å². The van der Waals surface area contributed by atoms with Gasteiger partial charge in [-0.05, 0) is 56.6 Å². The molecule has 0 spiro atoms. The van der Waals surface area contributed by atoms with Crippen molar-refractivity contribution in [1.29, 1.82) is 0 Å². The van der Waals surface area contributed by atoms with Crippen molar-refractivity contribution in [3.63, 3.8) is 0 Å². The molecule has 1 aromatic carbocycles. The molecule has 2 aromatic heterocycles. The summed E-state index contributed by atoms with van der Waals surface area (Å²) < 4.78 is 2.03. The van der Waals surface area contributed by atoms with Gasteiger partial charge in [0, 0.05) is 19.0 Å². The van der Waals surface area contributed by atoms with E-state index in [1.807, 2.05) is 22.9 Å². The van der Waals surface area contributed by atoms with Crippen molar-refractivity contribution < 1.29 is 4.79 Å². The lowest BCUT2D eigenvalue weighted by molar-refractivity contribution is 0.0918. The lowest BCUT2D eigenvalue weighted by Gasteiger charge is -2.29. The third-order valence-electron chi connectivity index (χ3n) is 6.52. The zero-order valence-electron chi connectivity index (χ0n) is 16.9. The number of aryl methyl sites for hydroxylation is 1. The predicted octanol–water partition coefficient (Wildman–Crippen LogP) is 4.02. The third-order valence-corrected chi connectivity index (χ3v) is 6.52. The summed E-state index contributed by atoms with van der Waals surface area (Å²) in [7, 11) is 0. The number of hydrogen-bond acceptors (Lipinski definition) is 3. The molecule has 6 nitrogen and oxygen atoms in total. The zero-order valence-corrected chi connectivity index (χ0v) is 16.9. The van der Waals surface area contributed by atoms with Crippen LogP contribution in [-0.4, -0.2) is 31.7 Å². The number of aromatic amines is 1. The molecule has 2 unspecified atom stereocenters. The number of rotatable bonds is 4. The average Bonchev–Trinajstić information content (AvgIpc) is 3.24. The molecule has 1 aliphatic carbocycles. The number of aromatic nitrogens is 4. The van der Waals surface area contributed by atoms with Crippen LogP contribution >= 0.6 is 0 Å². The molecule has 0 radical (unpaired) electrons. The van der Waals surface area contributed by atoms with Crippen molar-refractivity contribution in [2.75, 3.05) is 0 Å². The van der Waals surface area contributed by atoms with Crippen LogP contribution in [0.25, 0.3) is 11.0 Å². The Hall–Kier alpha value is -2.63. The van der Waals surface area contributed by atoms with Crippen molar-refractivity contribution in [2.45, 2.75) is 70.4 Å². The van der Waals surface area contributed by atoms with Crippen molar-refractivity contribution in [2.24, 2.45) is 5.92 Å². The summed E-state index contributed by atoms with van der Waals surface area (Å²) in [6.45, 7) is 0.936. The fraction of sp³-hybridized carbons (Fsp3) is 0.522. The van der Waals surface area contributed by atoms with Crippen LogP contribution in [0.1, 0.15) is 66.8 Å². The maximum atomic E-state index is 13.0. The molecule has 6 heteroatoms. The summed E-state index contributed by atoms with van der Waals surface area (Å²) in [5, 5.41) is 7.78. The average molecular weight is 392 g/mol. The van der Waals surface area contributed by atoms with Crippen LogP contribution in [0.5, 0.6) is 0 Å². The quantitative estimate of drug-likeness (QED) is 0.705. The lowest BCUT2D eigenvalue weighted by Crippen LogP contribution is -2.39. The van der Waals surface area contributed by atoms with Gasteiger partial charge < -0.3 is 10.3 Å². The van der Waals surface area contributed by atoms with Gasteiger partial charge in [-0.2, -0.15) is 5.10 Å². The number of H-pyrrole nitrogens is 1. The molecule has 1 amide bonds. The van der Waals surface area contributed by atoms with Gasteiger partial charge in [-0.3, -0.25) is 9.48 Å². The minimum absolute atomic E-state index is 0.0579. The number of benzene rings is 1. The van der Waals surface area contributed by atoms with Gasteiger partial charge in [-0.25, -0.2) is 4.98 Å². The van der Waals surface area contributed by atoms with Gasteiger partial charge >= 0.3 is 0 Å². The number of carbonyl (C=O) groups is 1. The molecular formula is C23H29N5O. The summed E-state index contributed by atoms with van der Waals surface area (Å²) in [6, 6.07) is 8.43. The van der Waals surface area contributed by atoms with Crippen LogP contribution in [-0.2, 0) is 19.4 Å². The van der Waals surface area contributed by atoms with E-state index < -0.39 is 0 Å². The van der Waals surface area contributed by atoms with E-state index in [0.717, 1.165) is 79.6 Å². The first-order valence-corrected chi connectivity index (χ1v) is 11.1. The monoisotopic (exact) mass is 391 g/mol. The van der Waals surface area contributed by atoms with Crippen LogP contribution in [0.15, 0.2) is 30.5 Å². The first kappa shape index (κ1) is 18.4. The summed E-state index contributed by atoms with van der Waals surface area (Å²) in [6.07, 6.45) is 11.6. The SMILES string of the molecule is O=C(NC1CCCC(Cc2nc3ccccc3[nH]2)C1)c1cnn2c1CCCCC2. The first-order valence-electron chi connectivity index (χ1n) is 11.1.